The molecule has 0 N–H and O–H groups in total. The highest BCUT2D eigenvalue weighted by molar-refractivity contribution is 9.09. The van der Waals surface area contributed by atoms with Crippen LogP contribution in [-0.4, -0.2) is 9.16 Å². The first-order chi connectivity index (χ1) is 4.10. The van der Waals surface area contributed by atoms with Gasteiger partial charge in [0.2, 0.25) is 0 Å². The minimum absolute atomic E-state index is 0.452. The molecule has 0 radical (unpaired) electrons. The van der Waals surface area contributed by atoms with Gasteiger partial charge in [0.1, 0.15) is 4.33 Å². The lowest BCUT2D eigenvalue weighted by Gasteiger charge is -2.27. The summed E-state index contributed by atoms with van der Waals surface area (Å²) in [5.74, 6) is 0. The average Bonchev–Trinajstić information content (AvgIpc) is 1.60. The van der Waals surface area contributed by atoms with Crippen LogP contribution < -0.4 is 0 Å². The Morgan fingerprint density at radius 3 is 2.44 bits per heavy atom. The summed E-state index contributed by atoms with van der Waals surface area (Å²) in [5.41, 5.74) is 0. The molecular formula is C6H9BrCl2. The highest BCUT2D eigenvalue weighted by Crippen LogP contribution is 2.40. The van der Waals surface area contributed by atoms with Gasteiger partial charge in [0, 0.05) is 4.83 Å². The Kier molecular flexibility index (Phi) is 2.70. The van der Waals surface area contributed by atoms with Gasteiger partial charge in [-0.25, -0.2) is 0 Å². The van der Waals surface area contributed by atoms with Crippen molar-refractivity contribution < 1.29 is 0 Å². The average molecular weight is 232 g/mol. The summed E-state index contributed by atoms with van der Waals surface area (Å²) < 4.78 is -0.452. The quantitative estimate of drug-likeness (QED) is 0.560. The fraction of sp³-hybridized carbons (Fsp3) is 1.00. The van der Waals surface area contributed by atoms with Gasteiger partial charge in [0.05, 0.1) is 0 Å². The van der Waals surface area contributed by atoms with Crippen LogP contribution in [0.15, 0.2) is 0 Å². The molecule has 3 heteroatoms. The summed E-state index contributed by atoms with van der Waals surface area (Å²) in [4.78, 5) is 0.529. The molecule has 1 aliphatic carbocycles. The zero-order valence-electron chi connectivity index (χ0n) is 5.04. The van der Waals surface area contributed by atoms with Gasteiger partial charge < -0.3 is 0 Å². The number of rotatable bonds is 0. The first-order valence-electron chi connectivity index (χ1n) is 3.12. The third-order valence-corrected chi connectivity index (χ3v) is 3.05. The number of hydrogen-bond donors (Lipinski definition) is 0. The Balaban J connectivity index is 2.41. The zero-order chi connectivity index (χ0) is 6.91. The van der Waals surface area contributed by atoms with Crippen molar-refractivity contribution in [3.8, 4) is 0 Å². The second kappa shape index (κ2) is 2.98. The van der Waals surface area contributed by atoms with E-state index < -0.39 is 4.33 Å². The van der Waals surface area contributed by atoms with Crippen molar-refractivity contribution in [3.63, 3.8) is 0 Å². The van der Waals surface area contributed by atoms with Gasteiger partial charge in [-0.1, -0.05) is 15.9 Å². The molecule has 0 saturated heterocycles. The largest absolute Gasteiger partial charge is 0.119 e. The third-order valence-electron chi connectivity index (χ3n) is 1.58. The molecule has 1 rings (SSSR count). The maximum absolute atomic E-state index is 5.90. The van der Waals surface area contributed by atoms with E-state index in [0.29, 0.717) is 4.83 Å². The fourth-order valence-electron chi connectivity index (χ4n) is 1.11. The predicted molar refractivity (Wildman–Crippen MR) is 45.6 cm³/mol. The highest BCUT2D eigenvalue weighted by atomic mass is 79.9. The van der Waals surface area contributed by atoms with E-state index in [9.17, 15) is 0 Å². The summed E-state index contributed by atoms with van der Waals surface area (Å²) in [5, 5.41) is 0. The zero-order valence-corrected chi connectivity index (χ0v) is 8.14. The van der Waals surface area contributed by atoms with Crippen molar-refractivity contribution in [1.82, 2.24) is 0 Å². The molecule has 9 heavy (non-hydrogen) atoms. The van der Waals surface area contributed by atoms with Gasteiger partial charge in [0.15, 0.2) is 0 Å². The van der Waals surface area contributed by atoms with E-state index in [2.05, 4.69) is 15.9 Å². The van der Waals surface area contributed by atoms with Crippen molar-refractivity contribution in [2.75, 3.05) is 0 Å². The summed E-state index contributed by atoms with van der Waals surface area (Å²) >= 11 is 15.3. The Bertz CT molecular complexity index is 103. The molecular weight excluding hydrogens is 223 g/mol. The Hall–Kier alpha value is 1.06. The van der Waals surface area contributed by atoms with Crippen molar-refractivity contribution in [3.05, 3.63) is 0 Å². The van der Waals surface area contributed by atoms with E-state index >= 15 is 0 Å². The lowest BCUT2D eigenvalue weighted by atomic mass is 10.00. The molecule has 0 aromatic rings. The topological polar surface area (TPSA) is 0 Å². The molecule has 1 saturated carbocycles. The molecule has 54 valence electrons. The van der Waals surface area contributed by atoms with Crippen molar-refractivity contribution in [2.45, 2.75) is 34.8 Å². The highest BCUT2D eigenvalue weighted by Gasteiger charge is 2.30. The van der Waals surface area contributed by atoms with Crippen molar-refractivity contribution in [1.29, 1.82) is 0 Å². The van der Waals surface area contributed by atoms with Crippen molar-refractivity contribution in [2.24, 2.45) is 0 Å². The van der Waals surface area contributed by atoms with Crippen LogP contribution in [0.5, 0.6) is 0 Å². The summed E-state index contributed by atoms with van der Waals surface area (Å²) in [7, 11) is 0. The first-order valence-corrected chi connectivity index (χ1v) is 4.79. The van der Waals surface area contributed by atoms with Gasteiger partial charge in [-0.3, -0.25) is 0 Å². The Labute approximate surface area is 74.0 Å². The van der Waals surface area contributed by atoms with Gasteiger partial charge in [-0.15, -0.1) is 23.2 Å². The van der Waals surface area contributed by atoms with E-state index in [1.165, 1.54) is 6.42 Å². The minimum Gasteiger partial charge on any atom is -0.102 e. The maximum atomic E-state index is 5.90. The van der Waals surface area contributed by atoms with Crippen LogP contribution in [0, 0.1) is 0 Å². The monoisotopic (exact) mass is 230 g/mol. The predicted octanol–water partition coefficient (Wildman–Crippen LogP) is 3.50. The standard InChI is InChI=1S/C6H9BrCl2/c7-5-2-1-3-6(8,9)4-5/h5H,1-4H2. The second-order valence-corrected chi connectivity index (χ2v) is 5.49. The molecule has 1 atom stereocenters. The van der Waals surface area contributed by atoms with Crippen LogP contribution in [0.4, 0.5) is 0 Å². The molecule has 0 aromatic heterocycles. The SMILES string of the molecule is ClC1(Cl)CCCC(Br)C1. The molecule has 0 nitrogen and oxygen atoms in total. The Morgan fingerprint density at radius 1 is 1.44 bits per heavy atom. The van der Waals surface area contributed by atoms with Crippen LogP contribution in [0.3, 0.4) is 0 Å². The lowest BCUT2D eigenvalue weighted by molar-refractivity contribution is 0.495. The fourth-order valence-corrected chi connectivity index (χ4v) is 3.00. The molecule has 1 aliphatic rings. The van der Waals surface area contributed by atoms with E-state index in [1.54, 1.807) is 0 Å². The molecule has 0 bridgehead atoms. The minimum atomic E-state index is -0.452. The van der Waals surface area contributed by atoms with E-state index in [1.807, 2.05) is 0 Å². The second-order valence-electron chi connectivity index (χ2n) is 2.55. The van der Waals surface area contributed by atoms with E-state index in [-0.39, 0.29) is 0 Å². The molecule has 0 aromatic carbocycles. The Morgan fingerprint density at radius 2 is 2.11 bits per heavy atom. The van der Waals surface area contributed by atoms with E-state index in [4.69, 9.17) is 23.2 Å². The molecule has 0 heterocycles. The van der Waals surface area contributed by atoms with Gasteiger partial charge in [-0.05, 0) is 25.7 Å². The third kappa shape index (κ3) is 2.65. The summed E-state index contributed by atoms with van der Waals surface area (Å²) in [6, 6.07) is 0. The van der Waals surface area contributed by atoms with Crippen LogP contribution in [0.1, 0.15) is 25.7 Å². The maximum Gasteiger partial charge on any atom is 0.119 e. The molecule has 0 aliphatic heterocycles. The van der Waals surface area contributed by atoms with Gasteiger partial charge in [0.25, 0.3) is 0 Å². The molecule has 1 fully saturated rings. The summed E-state index contributed by atoms with van der Waals surface area (Å²) in [6.07, 6.45) is 4.18. The van der Waals surface area contributed by atoms with Crippen molar-refractivity contribution >= 4 is 39.1 Å². The van der Waals surface area contributed by atoms with Crippen LogP contribution in [0.25, 0.3) is 0 Å². The van der Waals surface area contributed by atoms with Gasteiger partial charge >= 0.3 is 0 Å². The first kappa shape index (κ1) is 8.16. The molecule has 1 unspecified atom stereocenters. The molecule has 0 spiro atoms. The lowest BCUT2D eigenvalue weighted by Crippen LogP contribution is -2.23. The smallest absolute Gasteiger partial charge is 0.102 e. The van der Waals surface area contributed by atoms with Crippen LogP contribution >= 0.6 is 39.1 Å². The normalized spacial score (nSPS) is 34.3. The number of alkyl halides is 3. The van der Waals surface area contributed by atoms with Gasteiger partial charge in [-0.2, -0.15) is 0 Å². The van der Waals surface area contributed by atoms with Crippen LogP contribution in [0.2, 0.25) is 0 Å². The number of halogens is 3. The molecule has 0 amide bonds. The van der Waals surface area contributed by atoms with E-state index in [0.717, 1.165) is 19.3 Å². The number of hydrogen-bond acceptors (Lipinski definition) is 0. The van der Waals surface area contributed by atoms with Crippen LogP contribution in [-0.2, 0) is 0 Å². The summed E-state index contributed by atoms with van der Waals surface area (Å²) in [6.45, 7) is 0.